The number of nitro groups is 1. The molecule has 1 aromatic carbocycles. The lowest BCUT2D eigenvalue weighted by Gasteiger charge is -1.94. The molecule has 7 heteroatoms. The first-order valence-electron chi connectivity index (χ1n) is 5.95. The summed E-state index contributed by atoms with van der Waals surface area (Å²) >= 11 is 1.33. The number of allylic oxidation sites excluding steroid dienone is 1. The number of carbonyl (C=O) groups excluding carboxylic acids is 1. The van der Waals surface area contributed by atoms with Crippen LogP contribution in [-0.2, 0) is 0 Å². The number of non-ortho nitro benzene ring substituents is 1. The molecule has 2 aromatic rings. The molecule has 0 aliphatic rings. The molecule has 21 heavy (non-hydrogen) atoms. The van der Waals surface area contributed by atoms with Crippen molar-refractivity contribution in [3.8, 4) is 0 Å². The minimum Gasteiger partial charge on any atom is -0.266 e. The monoisotopic (exact) mass is 301 g/mol. The molecule has 0 saturated carbocycles. The number of thiophene rings is 1. The molecule has 0 radical (unpaired) electrons. The largest absolute Gasteiger partial charge is 0.281 e. The summed E-state index contributed by atoms with van der Waals surface area (Å²) in [5.41, 5.74) is 3.09. The van der Waals surface area contributed by atoms with Crippen LogP contribution in [0.3, 0.4) is 0 Å². The van der Waals surface area contributed by atoms with E-state index >= 15 is 0 Å². The van der Waals surface area contributed by atoms with E-state index in [0.29, 0.717) is 10.4 Å². The summed E-state index contributed by atoms with van der Waals surface area (Å²) < 4.78 is 0. The maximum atomic E-state index is 11.5. The summed E-state index contributed by atoms with van der Waals surface area (Å²) in [7, 11) is 0. The van der Waals surface area contributed by atoms with Crippen LogP contribution in [0, 0.1) is 10.1 Å². The number of nitro benzene ring substituents is 1. The molecule has 0 aliphatic heterocycles. The maximum Gasteiger partial charge on any atom is 0.281 e. The van der Waals surface area contributed by atoms with Gasteiger partial charge in [0.25, 0.3) is 11.6 Å². The van der Waals surface area contributed by atoms with Crippen molar-refractivity contribution >= 4 is 35.2 Å². The molecule has 1 N–H and O–H groups in total. The molecule has 1 heterocycles. The Labute approximate surface area is 124 Å². The van der Waals surface area contributed by atoms with E-state index in [1.54, 1.807) is 41.8 Å². The van der Waals surface area contributed by atoms with Crippen molar-refractivity contribution in [2.45, 2.75) is 0 Å². The molecule has 0 fully saturated rings. The van der Waals surface area contributed by atoms with Gasteiger partial charge in [0.15, 0.2) is 0 Å². The van der Waals surface area contributed by atoms with E-state index in [2.05, 4.69) is 10.5 Å². The van der Waals surface area contributed by atoms with Gasteiger partial charge in [0.05, 0.1) is 9.80 Å². The van der Waals surface area contributed by atoms with Gasteiger partial charge >= 0.3 is 0 Å². The van der Waals surface area contributed by atoms with E-state index in [4.69, 9.17) is 0 Å². The summed E-state index contributed by atoms with van der Waals surface area (Å²) in [4.78, 5) is 22.3. The summed E-state index contributed by atoms with van der Waals surface area (Å²) in [6.07, 6.45) is 4.66. The van der Waals surface area contributed by atoms with E-state index in [-0.39, 0.29) is 11.6 Å². The first kappa shape index (κ1) is 14.6. The highest BCUT2D eigenvalue weighted by molar-refractivity contribution is 7.12. The van der Waals surface area contributed by atoms with Gasteiger partial charge in [-0.1, -0.05) is 24.3 Å². The number of amides is 1. The normalized spacial score (nSPS) is 11.0. The van der Waals surface area contributed by atoms with Gasteiger partial charge < -0.3 is 0 Å². The van der Waals surface area contributed by atoms with Crippen molar-refractivity contribution < 1.29 is 9.72 Å². The van der Waals surface area contributed by atoms with Gasteiger partial charge in [-0.15, -0.1) is 11.3 Å². The smallest absolute Gasteiger partial charge is 0.266 e. The molecule has 2 rings (SSSR count). The molecular weight excluding hydrogens is 290 g/mol. The average molecular weight is 301 g/mol. The van der Waals surface area contributed by atoms with Crippen LogP contribution < -0.4 is 5.43 Å². The number of nitrogens with one attached hydrogen (secondary N) is 1. The number of carbonyl (C=O) groups is 1. The van der Waals surface area contributed by atoms with Crippen molar-refractivity contribution in [2.75, 3.05) is 0 Å². The Bertz CT molecular complexity index is 693. The number of nitrogens with zero attached hydrogens (tertiary/aromatic N) is 2. The van der Waals surface area contributed by atoms with Gasteiger partial charge in [0.2, 0.25) is 0 Å². The molecule has 0 bridgehead atoms. The second kappa shape index (κ2) is 7.11. The van der Waals surface area contributed by atoms with Crippen molar-refractivity contribution in [1.82, 2.24) is 5.43 Å². The molecule has 0 atom stereocenters. The van der Waals surface area contributed by atoms with E-state index in [9.17, 15) is 14.9 Å². The van der Waals surface area contributed by atoms with E-state index in [1.807, 2.05) is 0 Å². The zero-order valence-electron chi connectivity index (χ0n) is 10.8. The Hall–Kier alpha value is -2.80. The predicted octanol–water partition coefficient (Wildman–Crippen LogP) is 3.09. The SMILES string of the molecule is O=C(N/N=C\C=C\c1cccc([N+](=O)[O-])c1)c1cccs1. The molecule has 0 unspecified atom stereocenters. The number of hydrogen-bond acceptors (Lipinski definition) is 5. The fraction of sp³-hybridized carbons (Fsp3) is 0. The van der Waals surface area contributed by atoms with Crippen molar-refractivity contribution in [2.24, 2.45) is 5.10 Å². The van der Waals surface area contributed by atoms with Crippen LogP contribution in [0.5, 0.6) is 0 Å². The summed E-state index contributed by atoms with van der Waals surface area (Å²) in [5.74, 6) is -0.273. The van der Waals surface area contributed by atoms with E-state index in [0.717, 1.165) is 0 Å². The lowest BCUT2D eigenvalue weighted by molar-refractivity contribution is -0.384. The fourth-order valence-electron chi connectivity index (χ4n) is 1.50. The molecule has 1 amide bonds. The van der Waals surface area contributed by atoms with Gasteiger partial charge in [0, 0.05) is 18.3 Å². The van der Waals surface area contributed by atoms with Gasteiger partial charge in [-0.2, -0.15) is 5.10 Å². The van der Waals surface area contributed by atoms with Crippen molar-refractivity contribution in [3.05, 3.63) is 68.4 Å². The first-order valence-corrected chi connectivity index (χ1v) is 6.83. The van der Waals surface area contributed by atoms with Crippen molar-refractivity contribution in [3.63, 3.8) is 0 Å². The molecule has 106 valence electrons. The Balaban J connectivity index is 1.90. The zero-order chi connectivity index (χ0) is 15.1. The molecule has 0 saturated heterocycles. The Morgan fingerprint density at radius 1 is 1.33 bits per heavy atom. The highest BCUT2D eigenvalue weighted by atomic mass is 32.1. The maximum absolute atomic E-state index is 11.5. The van der Waals surface area contributed by atoms with Crippen LogP contribution in [0.1, 0.15) is 15.2 Å². The van der Waals surface area contributed by atoms with E-state index in [1.165, 1.54) is 29.7 Å². The Kier molecular flexibility index (Phi) is 4.94. The standard InChI is InChI=1S/C14H11N3O3S/c18-14(13-7-3-9-21-13)16-15-8-2-5-11-4-1-6-12(10-11)17(19)20/h1-10H,(H,16,18)/b5-2+,15-8-. The molecular formula is C14H11N3O3S. The zero-order valence-corrected chi connectivity index (χ0v) is 11.6. The number of hydrazone groups is 1. The third-order valence-corrected chi connectivity index (χ3v) is 3.31. The highest BCUT2D eigenvalue weighted by Crippen LogP contribution is 2.13. The summed E-state index contributed by atoms with van der Waals surface area (Å²) in [5, 5.41) is 16.2. The summed E-state index contributed by atoms with van der Waals surface area (Å²) in [6, 6.07) is 9.70. The van der Waals surface area contributed by atoms with Crippen LogP contribution in [0.4, 0.5) is 5.69 Å². The van der Waals surface area contributed by atoms with Crippen LogP contribution >= 0.6 is 11.3 Å². The lowest BCUT2D eigenvalue weighted by atomic mass is 10.2. The summed E-state index contributed by atoms with van der Waals surface area (Å²) in [6.45, 7) is 0. The van der Waals surface area contributed by atoms with Gasteiger partial charge in [-0.25, -0.2) is 5.43 Å². The van der Waals surface area contributed by atoms with Crippen LogP contribution in [0.15, 0.2) is 53.0 Å². The fourth-order valence-corrected chi connectivity index (χ4v) is 2.11. The van der Waals surface area contributed by atoms with Crippen LogP contribution in [0.2, 0.25) is 0 Å². The van der Waals surface area contributed by atoms with Gasteiger partial charge in [-0.3, -0.25) is 14.9 Å². The topological polar surface area (TPSA) is 84.6 Å². The van der Waals surface area contributed by atoms with Gasteiger partial charge in [-0.05, 0) is 23.1 Å². The second-order valence-electron chi connectivity index (χ2n) is 3.91. The Morgan fingerprint density at radius 2 is 2.19 bits per heavy atom. The molecule has 0 spiro atoms. The minimum absolute atomic E-state index is 0.0279. The molecule has 6 nitrogen and oxygen atoms in total. The average Bonchev–Trinajstić information content (AvgIpc) is 3.01. The van der Waals surface area contributed by atoms with Gasteiger partial charge in [0.1, 0.15) is 0 Å². The Morgan fingerprint density at radius 3 is 2.90 bits per heavy atom. The third-order valence-electron chi connectivity index (χ3n) is 2.44. The lowest BCUT2D eigenvalue weighted by Crippen LogP contribution is -2.15. The third kappa shape index (κ3) is 4.36. The van der Waals surface area contributed by atoms with Crippen molar-refractivity contribution in [1.29, 1.82) is 0 Å². The number of benzene rings is 1. The highest BCUT2D eigenvalue weighted by Gasteiger charge is 2.04. The van der Waals surface area contributed by atoms with Crippen LogP contribution in [0.25, 0.3) is 6.08 Å². The quantitative estimate of drug-likeness (QED) is 0.523. The van der Waals surface area contributed by atoms with E-state index < -0.39 is 4.92 Å². The molecule has 0 aliphatic carbocycles. The molecule has 1 aromatic heterocycles. The minimum atomic E-state index is -0.452. The number of rotatable bonds is 5. The second-order valence-corrected chi connectivity index (χ2v) is 4.86. The first-order chi connectivity index (χ1) is 10.2. The van der Waals surface area contributed by atoms with Crippen LogP contribution in [-0.4, -0.2) is 17.0 Å². The number of hydrogen-bond donors (Lipinski definition) is 1. The predicted molar refractivity (Wildman–Crippen MR) is 82.4 cm³/mol.